The molecular formula is HO2PS. The molecule has 0 fully saturated rings. The summed E-state index contributed by atoms with van der Waals surface area (Å²) in [6.45, 7) is 0. The second-order valence-corrected chi connectivity index (χ2v) is 1.50. The van der Waals surface area contributed by atoms with Gasteiger partial charge in [0.25, 0.3) is 0 Å². The average molecular weight is 96.0 g/mol. The van der Waals surface area contributed by atoms with Crippen LogP contribution in [0.2, 0.25) is 0 Å². The van der Waals surface area contributed by atoms with Crippen molar-refractivity contribution in [2.45, 2.75) is 0 Å². The molecule has 0 aliphatic heterocycles. The summed E-state index contributed by atoms with van der Waals surface area (Å²) < 4.78 is 17.9. The minimum absolute atomic E-state index is 0.0787. The van der Waals surface area contributed by atoms with Crippen molar-refractivity contribution in [2.75, 3.05) is 0 Å². The van der Waals surface area contributed by atoms with Gasteiger partial charge < -0.3 is 0 Å². The summed E-state index contributed by atoms with van der Waals surface area (Å²) >= 11 is 0. The third-order valence-electron chi connectivity index (χ3n) is 0.0340. The van der Waals surface area contributed by atoms with E-state index in [1.807, 2.05) is 0 Å². The van der Waals surface area contributed by atoms with Gasteiger partial charge in [0.15, 0.2) is 7.24 Å². The van der Waals surface area contributed by atoms with Crippen LogP contribution < -0.4 is 0 Å². The van der Waals surface area contributed by atoms with Crippen molar-refractivity contribution in [2.24, 2.45) is 0 Å². The molecule has 24 valence electrons. The van der Waals surface area contributed by atoms with Crippen molar-refractivity contribution >= 4 is 18.1 Å². The van der Waals surface area contributed by atoms with Crippen molar-refractivity contribution < 1.29 is 8.77 Å². The summed E-state index contributed by atoms with van der Waals surface area (Å²) in [6.07, 6.45) is 0. The van der Waals surface area contributed by atoms with Crippen molar-refractivity contribution in [3.8, 4) is 0 Å². The molecule has 0 aromatic rings. The molecule has 0 saturated carbocycles. The summed E-state index contributed by atoms with van der Waals surface area (Å²) in [5.74, 6) is 0. The van der Waals surface area contributed by atoms with Gasteiger partial charge in [0.2, 0.25) is 0 Å². The van der Waals surface area contributed by atoms with Crippen molar-refractivity contribution in [1.29, 1.82) is 0 Å². The lowest BCUT2D eigenvalue weighted by Crippen LogP contribution is -1.06. The monoisotopic (exact) mass is 95.9 g/mol. The summed E-state index contributed by atoms with van der Waals surface area (Å²) in [5.41, 5.74) is 0. The van der Waals surface area contributed by atoms with E-state index in [0.717, 1.165) is 0 Å². The molecule has 0 radical (unpaired) electrons. The highest BCUT2D eigenvalue weighted by molar-refractivity contribution is 7.95. The Morgan fingerprint density at radius 2 is 2.00 bits per heavy atom. The Bertz CT molecular complexity index is 56.1. The van der Waals surface area contributed by atoms with Gasteiger partial charge in [-0.25, -0.2) is 4.21 Å². The zero-order chi connectivity index (χ0) is 3.41. The fourth-order valence-electron chi connectivity index (χ4n) is 0. The van der Waals surface area contributed by atoms with Gasteiger partial charge in [-0.2, -0.15) is 0 Å². The van der Waals surface area contributed by atoms with E-state index in [4.69, 9.17) is 8.77 Å². The van der Waals surface area contributed by atoms with Crippen LogP contribution in [0.3, 0.4) is 0 Å². The first-order chi connectivity index (χ1) is 1.91. The van der Waals surface area contributed by atoms with Crippen LogP contribution in [0.1, 0.15) is 0 Å². The highest BCUT2D eigenvalue weighted by atomic mass is 32.4. The zero-order valence-electron chi connectivity index (χ0n) is 1.72. The molecule has 0 rings (SSSR count). The first-order valence-corrected chi connectivity index (χ1v) is 2.95. The highest BCUT2D eigenvalue weighted by Crippen LogP contribution is 1.55. The lowest BCUT2D eigenvalue weighted by atomic mass is 16.0. The molecule has 1 atom stereocenters. The second-order valence-electron chi connectivity index (χ2n) is 0.167. The van der Waals surface area contributed by atoms with Crippen molar-refractivity contribution in [1.82, 2.24) is 0 Å². The van der Waals surface area contributed by atoms with E-state index in [2.05, 4.69) is 0 Å². The van der Waals surface area contributed by atoms with Gasteiger partial charge in [0, 0.05) is 0 Å². The molecule has 0 bridgehead atoms. The summed E-state index contributed by atoms with van der Waals surface area (Å²) in [6, 6.07) is 0. The smallest absolute Gasteiger partial charge is 0.181 e. The van der Waals surface area contributed by atoms with Gasteiger partial charge in [-0.05, 0) is 0 Å². The average Bonchev–Trinajstić information content (AvgIpc) is 1.37. The van der Waals surface area contributed by atoms with E-state index >= 15 is 0 Å². The molecule has 2 nitrogen and oxygen atoms in total. The summed E-state index contributed by atoms with van der Waals surface area (Å²) in [5, 5.41) is 0. The van der Waals surface area contributed by atoms with Gasteiger partial charge in [-0.15, -0.1) is 0 Å². The summed E-state index contributed by atoms with van der Waals surface area (Å²) in [7, 11) is -0.670. The van der Waals surface area contributed by atoms with Gasteiger partial charge in [0.05, 0.1) is 0 Å². The van der Waals surface area contributed by atoms with Crippen LogP contribution >= 0.6 is 7.24 Å². The fourth-order valence-corrected chi connectivity index (χ4v) is 0. The second kappa shape index (κ2) is 3.12. The van der Waals surface area contributed by atoms with Crippen LogP contribution in [0, 0.1) is 0 Å². The summed E-state index contributed by atoms with van der Waals surface area (Å²) in [4.78, 5) is 0. The van der Waals surface area contributed by atoms with E-state index in [1.54, 1.807) is 0 Å². The van der Waals surface area contributed by atoms with E-state index in [9.17, 15) is 0 Å². The SMILES string of the molecule is O=[PH]=S=O. The van der Waals surface area contributed by atoms with Gasteiger partial charge in [-0.1, -0.05) is 0 Å². The molecule has 0 aliphatic rings. The standard InChI is InChI=1S/HO2PS/c1-3-4-2/h3H. The van der Waals surface area contributed by atoms with Crippen LogP contribution in [0.5, 0.6) is 0 Å². The Morgan fingerprint density at radius 1 is 1.75 bits per heavy atom. The Labute approximate surface area is 27.8 Å². The molecule has 1 unspecified atom stereocenters. The quantitative estimate of drug-likeness (QED) is 0.402. The lowest BCUT2D eigenvalue weighted by Gasteiger charge is -1.11. The fraction of sp³-hybridized carbons (Fsp3) is 0. The first-order valence-electron chi connectivity index (χ1n) is 0.575. The third kappa shape index (κ3) is 2.12. The van der Waals surface area contributed by atoms with Crippen LogP contribution in [0.15, 0.2) is 0 Å². The van der Waals surface area contributed by atoms with Gasteiger partial charge >= 0.3 is 0 Å². The Hall–Kier alpha value is 0.120. The molecular weight excluding hydrogens is 95.0 g/mol. The van der Waals surface area contributed by atoms with E-state index < -0.39 is 7.24 Å². The van der Waals surface area contributed by atoms with Crippen LogP contribution in [0.4, 0.5) is 0 Å². The minimum Gasteiger partial charge on any atom is -0.271 e. The first kappa shape index (κ1) is 4.12. The molecule has 0 amide bonds. The molecule has 0 aromatic carbocycles. The molecule has 0 aromatic heterocycles. The maximum Gasteiger partial charge on any atom is 0.181 e. The van der Waals surface area contributed by atoms with Crippen molar-refractivity contribution in [3.05, 3.63) is 0 Å². The van der Waals surface area contributed by atoms with E-state index in [0.29, 0.717) is 0 Å². The third-order valence-corrected chi connectivity index (χ3v) is 0.306. The number of hydrogen-bond donors (Lipinski definition) is 0. The van der Waals surface area contributed by atoms with Crippen LogP contribution in [-0.4, -0.2) is 4.21 Å². The normalized spacial score (nSPS) is 7.00. The van der Waals surface area contributed by atoms with E-state index in [1.165, 1.54) is 0 Å². The molecule has 0 aliphatic carbocycles. The molecule has 0 saturated heterocycles. The lowest BCUT2D eigenvalue weighted by molar-refractivity contribution is 0.606. The number of rotatable bonds is 0. The van der Waals surface area contributed by atoms with Gasteiger partial charge in [0.1, 0.15) is 10.8 Å². The Kier molecular flexibility index (Phi) is 3.21. The molecule has 0 heterocycles. The topological polar surface area (TPSA) is 34.1 Å². The number of hydrogen-bond acceptors (Lipinski definition) is 2. The van der Waals surface area contributed by atoms with Crippen molar-refractivity contribution in [3.63, 3.8) is 0 Å². The van der Waals surface area contributed by atoms with E-state index in [-0.39, 0.29) is 10.8 Å². The van der Waals surface area contributed by atoms with Gasteiger partial charge in [-0.3, -0.25) is 4.57 Å². The zero-order valence-corrected chi connectivity index (χ0v) is 3.54. The molecule has 0 N–H and O–H groups in total. The molecule has 0 spiro atoms. The Balaban J connectivity index is 3.95. The minimum atomic E-state index is -0.748. The van der Waals surface area contributed by atoms with Crippen LogP contribution in [0.25, 0.3) is 0 Å². The largest absolute Gasteiger partial charge is 0.271 e. The highest BCUT2D eigenvalue weighted by Gasteiger charge is 1.22. The molecule has 4 heteroatoms. The Morgan fingerprint density at radius 3 is 2.00 bits per heavy atom. The predicted octanol–water partition coefficient (Wildman–Crippen LogP) is 0.138. The maximum absolute atomic E-state index is 8.98. The molecule has 4 heavy (non-hydrogen) atoms. The maximum atomic E-state index is 8.98. The van der Waals surface area contributed by atoms with Crippen LogP contribution in [-0.2, 0) is 15.4 Å². The predicted molar refractivity (Wildman–Crippen MR) is 17.1 cm³/mol.